The minimum atomic E-state index is -4.54. The summed E-state index contributed by atoms with van der Waals surface area (Å²) >= 11 is 0. The average molecular weight is 626 g/mol. The highest BCUT2D eigenvalue weighted by molar-refractivity contribution is 5.67. The molecule has 234 valence electrons. The van der Waals surface area contributed by atoms with E-state index in [4.69, 9.17) is 14.7 Å². The smallest absolute Gasteiger partial charge is 0.429 e. The van der Waals surface area contributed by atoms with Crippen LogP contribution in [0.3, 0.4) is 0 Å². The Hall–Kier alpha value is -4.33. The first-order valence-corrected chi connectivity index (χ1v) is 14.5. The Morgan fingerprint density at radius 1 is 0.778 bits per heavy atom. The fraction of sp³-hybridized carbons (Fsp3) is 0.286. The molecule has 0 aliphatic carbocycles. The van der Waals surface area contributed by atoms with Gasteiger partial charge in [0, 0.05) is 28.7 Å². The third-order valence-electron chi connectivity index (χ3n) is 7.60. The van der Waals surface area contributed by atoms with Crippen molar-refractivity contribution in [2.45, 2.75) is 45.0 Å². The summed E-state index contributed by atoms with van der Waals surface area (Å²) in [6, 6.07) is 15.7. The van der Waals surface area contributed by atoms with Gasteiger partial charge in [-0.25, -0.2) is 17.6 Å². The molecule has 4 aromatic carbocycles. The molecular formula is C35H29F6NO3. The van der Waals surface area contributed by atoms with E-state index in [1.807, 2.05) is 6.07 Å². The van der Waals surface area contributed by atoms with Crippen molar-refractivity contribution >= 4 is 0 Å². The summed E-state index contributed by atoms with van der Waals surface area (Å²) in [5, 5.41) is 8.91. The minimum absolute atomic E-state index is 0.0399. The summed E-state index contributed by atoms with van der Waals surface area (Å²) in [6.07, 6.45) is -1.08. The van der Waals surface area contributed by atoms with Gasteiger partial charge in [0.2, 0.25) is 0 Å². The second kappa shape index (κ2) is 13.8. The van der Waals surface area contributed by atoms with E-state index in [1.54, 1.807) is 0 Å². The number of ether oxygens (including phenoxy) is 3. The fourth-order valence-electron chi connectivity index (χ4n) is 5.22. The minimum Gasteiger partial charge on any atom is -0.429 e. The van der Waals surface area contributed by atoms with Crippen LogP contribution in [0, 0.1) is 40.5 Å². The highest BCUT2D eigenvalue weighted by atomic mass is 19.3. The van der Waals surface area contributed by atoms with Crippen LogP contribution in [0.15, 0.2) is 72.8 Å². The molecule has 1 aliphatic rings. The van der Waals surface area contributed by atoms with Gasteiger partial charge in [0.25, 0.3) is 0 Å². The summed E-state index contributed by atoms with van der Waals surface area (Å²) in [7, 11) is 0. The van der Waals surface area contributed by atoms with Gasteiger partial charge in [-0.1, -0.05) is 50.5 Å². The molecule has 4 nitrogen and oxygen atoms in total. The highest BCUT2D eigenvalue weighted by Gasteiger charge is 2.41. The SMILES string of the molecule is CCCCCC1COC(c2ccc(-c3cc(F)c(C(F)(F)Oc4ccc(-c5ccc(C#N)cc5)c(F)c4)c(F)c3)c(F)c2)OC1. The number of halogens is 6. The summed E-state index contributed by atoms with van der Waals surface area (Å²) in [5.74, 6) is -5.58. The summed E-state index contributed by atoms with van der Waals surface area (Å²) in [5.41, 5.74) is -1.10. The van der Waals surface area contributed by atoms with Gasteiger partial charge in [-0.05, 0) is 60.0 Å². The Balaban J connectivity index is 1.30. The van der Waals surface area contributed by atoms with Gasteiger partial charge in [0.1, 0.15) is 34.6 Å². The second-order valence-electron chi connectivity index (χ2n) is 10.9. The number of rotatable bonds is 10. The topological polar surface area (TPSA) is 51.5 Å². The fourth-order valence-corrected chi connectivity index (χ4v) is 5.22. The van der Waals surface area contributed by atoms with Crippen molar-refractivity contribution in [1.82, 2.24) is 0 Å². The number of unbranched alkanes of at least 4 members (excludes halogenated alkanes) is 2. The second-order valence-corrected chi connectivity index (χ2v) is 10.9. The molecule has 10 heteroatoms. The molecule has 0 unspecified atom stereocenters. The largest absolute Gasteiger partial charge is 0.432 e. The first kappa shape index (κ1) is 32.1. The Bertz CT molecular complexity index is 1670. The number of hydrogen-bond donors (Lipinski definition) is 0. The van der Waals surface area contributed by atoms with Crippen molar-refractivity contribution < 1.29 is 40.6 Å². The van der Waals surface area contributed by atoms with Gasteiger partial charge in [-0.15, -0.1) is 0 Å². The van der Waals surface area contributed by atoms with Crippen molar-refractivity contribution in [1.29, 1.82) is 5.26 Å². The van der Waals surface area contributed by atoms with Crippen LogP contribution in [-0.2, 0) is 15.6 Å². The van der Waals surface area contributed by atoms with Crippen molar-refractivity contribution in [3.8, 4) is 34.1 Å². The van der Waals surface area contributed by atoms with Crippen LogP contribution >= 0.6 is 0 Å². The maximum Gasteiger partial charge on any atom is 0.432 e. The van der Waals surface area contributed by atoms with E-state index in [9.17, 15) is 4.39 Å². The lowest BCUT2D eigenvalue weighted by atomic mass is 9.99. The monoisotopic (exact) mass is 625 g/mol. The van der Waals surface area contributed by atoms with E-state index in [0.717, 1.165) is 37.8 Å². The first-order valence-electron chi connectivity index (χ1n) is 14.5. The molecule has 0 saturated carbocycles. The van der Waals surface area contributed by atoms with Gasteiger partial charge in [-0.2, -0.15) is 14.0 Å². The standard InChI is InChI=1S/C35H29F6NO3/c1-2-3-4-5-22-19-43-34(44-20-22)24-10-12-28(29(36)14-24)25-15-31(38)33(32(39)16-25)35(40,41)45-26-11-13-27(30(37)17-26)23-8-6-21(18-42)7-9-23/h6-17,22,34H,2-5,19-20H2,1H3. The van der Waals surface area contributed by atoms with Crippen LogP contribution in [0.2, 0.25) is 0 Å². The summed E-state index contributed by atoms with van der Waals surface area (Å²) in [4.78, 5) is 0. The molecule has 1 heterocycles. The molecule has 1 fully saturated rings. The Morgan fingerprint density at radius 3 is 2.00 bits per heavy atom. The molecule has 45 heavy (non-hydrogen) atoms. The molecule has 4 aromatic rings. The molecule has 0 radical (unpaired) electrons. The number of hydrogen-bond acceptors (Lipinski definition) is 4. The number of nitrogens with zero attached hydrogens (tertiary/aromatic N) is 1. The zero-order valence-electron chi connectivity index (χ0n) is 24.3. The van der Waals surface area contributed by atoms with E-state index in [0.29, 0.717) is 48.1 Å². The predicted molar refractivity (Wildman–Crippen MR) is 155 cm³/mol. The van der Waals surface area contributed by atoms with Crippen LogP contribution in [-0.4, -0.2) is 13.2 Å². The van der Waals surface area contributed by atoms with E-state index >= 15 is 22.0 Å². The van der Waals surface area contributed by atoms with E-state index in [-0.39, 0.29) is 22.6 Å². The molecular weight excluding hydrogens is 596 g/mol. The molecule has 0 bridgehead atoms. The Morgan fingerprint density at radius 2 is 1.40 bits per heavy atom. The zero-order valence-corrected chi connectivity index (χ0v) is 24.3. The lowest BCUT2D eigenvalue weighted by Gasteiger charge is -2.29. The predicted octanol–water partition coefficient (Wildman–Crippen LogP) is 9.82. The van der Waals surface area contributed by atoms with Crippen molar-refractivity contribution in [2.75, 3.05) is 13.2 Å². The third-order valence-corrected chi connectivity index (χ3v) is 7.60. The van der Waals surface area contributed by atoms with Gasteiger partial charge >= 0.3 is 6.11 Å². The molecule has 1 saturated heterocycles. The maximum atomic E-state index is 15.1. The zero-order chi connectivity index (χ0) is 32.1. The molecule has 0 spiro atoms. The van der Waals surface area contributed by atoms with Gasteiger partial charge in [0.15, 0.2) is 6.29 Å². The van der Waals surface area contributed by atoms with Crippen LogP contribution < -0.4 is 4.74 Å². The average Bonchev–Trinajstić information content (AvgIpc) is 3.01. The number of benzene rings is 4. The lowest BCUT2D eigenvalue weighted by molar-refractivity contribution is -0.206. The summed E-state index contributed by atoms with van der Waals surface area (Å²) < 4.78 is 106. The summed E-state index contributed by atoms with van der Waals surface area (Å²) in [6.45, 7) is 3.04. The quantitative estimate of drug-likeness (QED) is 0.130. The van der Waals surface area contributed by atoms with Crippen molar-refractivity contribution in [3.05, 3.63) is 113 Å². The van der Waals surface area contributed by atoms with Gasteiger partial charge < -0.3 is 14.2 Å². The van der Waals surface area contributed by atoms with Gasteiger partial charge in [0.05, 0.1) is 24.8 Å². The maximum absolute atomic E-state index is 15.1. The first-order chi connectivity index (χ1) is 21.6. The molecule has 0 N–H and O–H groups in total. The Labute approximate surface area is 256 Å². The normalized spacial score (nSPS) is 16.8. The molecule has 0 atom stereocenters. The van der Waals surface area contributed by atoms with Crippen molar-refractivity contribution in [2.24, 2.45) is 5.92 Å². The van der Waals surface area contributed by atoms with Crippen LogP contribution in [0.1, 0.15) is 55.6 Å². The molecule has 1 aliphatic heterocycles. The van der Waals surface area contributed by atoms with Crippen LogP contribution in [0.5, 0.6) is 5.75 Å². The highest BCUT2D eigenvalue weighted by Crippen LogP contribution is 2.39. The lowest BCUT2D eigenvalue weighted by Crippen LogP contribution is -2.27. The van der Waals surface area contributed by atoms with Crippen LogP contribution in [0.25, 0.3) is 22.3 Å². The van der Waals surface area contributed by atoms with Crippen molar-refractivity contribution in [3.63, 3.8) is 0 Å². The molecule has 0 aromatic heterocycles. The molecule has 0 amide bonds. The third kappa shape index (κ3) is 7.32. The van der Waals surface area contributed by atoms with E-state index in [1.165, 1.54) is 42.5 Å². The van der Waals surface area contributed by atoms with E-state index < -0.39 is 47.0 Å². The Kier molecular flexibility index (Phi) is 9.80. The number of alkyl halides is 2. The number of nitriles is 1. The molecule has 5 rings (SSSR count). The van der Waals surface area contributed by atoms with E-state index in [2.05, 4.69) is 11.7 Å². The van der Waals surface area contributed by atoms with Crippen LogP contribution in [0.4, 0.5) is 26.3 Å². The van der Waals surface area contributed by atoms with Gasteiger partial charge in [-0.3, -0.25) is 0 Å².